The van der Waals surface area contributed by atoms with E-state index in [-0.39, 0.29) is 38.2 Å². The Kier molecular flexibility index (Phi) is 5.66. The second kappa shape index (κ2) is 7.52. The molecule has 2 amide bonds. The lowest BCUT2D eigenvalue weighted by Gasteiger charge is -2.20. The third-order valence-corrected chi connectivity index (χ3v) is 3.61. The van der Waals surface area contributed by atoms with E-state index < -0.39 is 24.3 Å². The van der Waals surface area contributed by atoms with Crippen LogP contribution < -0.4 is 5.32 Å². The van der Waals surface area contributed by atoms with Crippen LogP contribution in [0.15, 0.2) is 24.3 Å². The predicted molar refractivity (Wildman–Crippen MR) is 77.6 cm³/mol. The summed E-state index contributed by atoms with van der Waals surface area (Å²) in [5.74, 6) is -1.08. The smallest absolute Gasteiger partial charge is 0.414 e. The van der Waals surface area contributed by atoms with Crippen LogP contribution in [0, 0.1) is 0 Å². The Bertz CT molecular complexity index is 607. The van der Waals surface area contributed by atoms with Crippen LogP contribution in [0.5, 0.6) is 0 Å². The number of carbonyl (C=O) groups is 2. The molecule has 2 rings (SSSR count). The molecule has 0 aromatic heterocycles. The van der Waals surface area contributed by atoms with Gasteiger partial charge in [-0.05, 0) is 17.7 Å². The number of alkyl halides is 3. The molecule has 2 N–H and O–H groups in total. The first-order valence-electron chi connectivity index (χ1n) is 7.30. The van der Waals surface area contributed by atoms with Crippen LogP contribution in [-0.4, -0.2) is 54.0 Å². The number of rotatable bonds is 3. The number of nitrogens with zero attached hydrogens (tertiary/aromatic N) is 1. The lowest BCUT2D eigenvalue weighted by molar-refractivity contribution is -0.218. The average Bonchev–Trinajstić information content (AvgIpc) is 2.78. The summed E-state index contributed by atoms with van der Waals surface area (Å²) in [5, 5.41) is 11.5. The van der Waals surface area contributed by atoms with Gasteiger partial charge in [-0.3, -0.25) is 0 Å². The first-order chi connectivity index (χ1) is 11.3. The van der Waals surface area contributed by atoms with E-state index in [0.29, 0.717) is 5.56 Å². The van der Waals surface area contributed by atoms with Crippen molar-refractivity contribution in [2.45, 2.75) is 25.2 Å². The number of aromatic carboxylic acids is 1. The SMILES string of the molecule is O=C(O)c1cccc(CNC(=O)N2CCOC(C(F)(F)F)CC2)c1. The molecule has 1 unspecified atom stereocenters. The van der Waals surface area contributed by atoms with Crippen LogP contribution in [0.2, 0.25) is 0 Å². The Morgan fingerprint density at radius 1 is 1.33 bits per heavy atom. The molecule has 9 heteroatoms. The fourth-order valence-electron chi connectivity index (χ4n) is 2.34. The number of carboxylic acid groups (broad SMARTS) is 1. The van der Waals surface area contributed by atoms with E-state index in [1.807, 2.05) is 0 Å². The number of halogens is 3. The first-order valence-corrected chi connectivity index (χ1v) is 7.30. The summed E-state index contributed by atoms with van der Waals surface area (Å²) in [5.41, 5.74) is 0.681. The Balaban J connectivity index is 1.89. The van der Waals surface area contributed by atoms with Gasteiger partial charge in [0.25, 0.3) is 0 Å². The van der Waals surface area contributed by atoms with Crippen LogP contribution >= 0.6 is 0 Å². The highest BCUT2D eigenvalue weighted by Gasteiger charge is 2.41. The van der Waals surface area contributed by atoms with E-state index in [0.717, 1.165) is 0 Å². The molecule has 0 saturated carbocycles. The maximum Gasteiger partial charge on any atom is 0.414 e. The molecule has 0 radical (unpaired) electrons. The van der Waals surface area contributed by atoms with E-state index in [4.69, 9.17) is 9.84 Å². The normalized spacial score (nSPS) is 18.8. The van der Waals surface area contributed by atoms with E-state index >= 15 is 0 Å². The van der Waals surface area contributed by atoms with Crippen molar-refractivity contribution in [2.24, 2.45) is 0 Å². The van der Waals surface area contributed by atoms with Crippen LogP contribution in [0.3, 0.4) is 0 Å². The number of urea groups is 1. The lowest BCUT2D eigenvalue weighted by Crippen LogP contribution is -2.41. The van der Waals surface area contributed by atoms with Crippen molar-refractivity contribution in [1.82, 2.24) is 10.2 Å². The number of nitrogens with one attached hydrogen (secondary N) is 1. The number of benzene rings is 1. The number of carbonyl (C=O) groups excluding carboxylic acids is 1. The number of amides is 2. The van der Waals surface area contributed by atoms with Crippen molar-refractivity contribution in [3.8, 4) is 0 Å². The number of hydrogen-bond donors (Lipinski definition) is 2. The van der Waals surface area contributed by atoms with Gasteiger partial charge < -0.3 is 20.1 Å². The lowest BCUT2D eigenvalue weighted by atomic mass is 10.1. The zero-order valence-electron chi connectivity index (χ0n) is 12.7. The highest BCUT2D eigenvalue weighted by molar-refractivity contribution is 5.87. The third-order valence-electron chi connectivity index (χ3n) is 3.61. The van der Waals surface area contributed by atoms with Crippen molar-refractivity contribution in [1.29, 1.82) is 0 Å². The largest absolute Gasteiger partial charge is 0.478 e. The Morgan fingerprint density at radius 3 is 2.75 bits per heavy atom. The molecule has 0 aliphatic carbocycles. The topological polar surface area (TPSA) is 78.9 Å². The Labute approximate surface area is 136 Å². The summed E-state index contributed by atoms with van der Waals surface area (Å²) >= 11 is 0. The summed E-state index contributed by atoms with van der Waals surface area (Å²) in [4.78, 5) is 24.2. The highest BCUT2D eigenvalue weighted by atomic mass is 19.4. The molecule has 1 aromatic carbocycles. The van der Waals surface area contributed by atoms with E-state index in [2.05, 4.69) is 5.32 Å². The Morgan fingerprint density at radius 2 is 2.08 bits per heavy atom. The van der Waals surface area contributed by atoms with Gasteiger partial charge in [-0.15, -0.1) is 0 Å². The highest BCUT2D eigenvalue weighted by Crippen LogP contribution is 2.26. The molecule has 6 nitrogen and oxygen atoms in total. The quantitative estimate of drug-likeness (QED) is 0.880. The zero-order chi connectivity index (χ0) is 17.7. The molecule has 132 valence electrons. The second-order valence-electron chi connectivity index (χ2n) is 5.34. The minimum absolute atomic E-state index is 0.0631. The molecule has 1 saturated heterocycles. The van der Waals surface area contributed by atoms with Gasteiger partial charge >= 0.3 is 18.2 Å². The van der Waals surface area contributed by atoms with Gasteiger partial charge in [-0.2, -0.15) is 13.2 Å². The zero-order valence-corrected chi connectivity index (χ0v) is 12.7. The standard InChI is InChI=1S/C15H17F3N2O4/c16-15(17,18)12-4-5-20(6-7-24-12)14(23)19-9-10-2-1-3-11(8-10)13(21)22/h1-3,8,12H,4-7,9H2,(H,19,23)(H,21,22). The number of ether oxygens (including phenoxy) is 1. The molecule has 1 fully saturated rings. The molecular formula is C15H17F3N2O4. The Hall–Kier alpha value is -2.29. The molecule has 24 heavy (non-hydrogen) atoms. The molecule has 1 aliphatic rings. The van der Waals surface area contributed by atoms with Gasteiger partial charge in [-0.25, -0.2) is 9.59 Å². The van der Waals surface area contributed by atoms with Crippen LogP contribution in [0.4, 0.5) is 18.0 Å². The molecular weight excluding hydrogens is 329 g/mol. The van der Waals surface area contributed by atoms with Crippen molar-refractivity contribution >= 4 is 12.0 Å². The van der Waals surface area contributed by atoms with E-state index in [1.54, 1.807) is 12.1 Å². The summed E-state index contributed by atoms with van der Waals surface area (Å²) in [6.07, 6.45) is -6.61. The van der Waals surface area contributed by atoms with E-state index in [1.165, 1.54) is 17.0 Å². The minimum Gasteiger partial charge on any atom is -0.478 e. The van der Waals surface area contributed by atoms with Crippen molar-refractivity contribution < 1.29 is 32.6 Å². The van der Waals surface area contributed by atoms with Crippen molar-refractivity contribution in [2.75, 3.05) is 19.7 Å². The van der Waals surface area contributed by atoms with Crippen LogP contribution in [0.1, 0.15) is 22.3 Å². The fourth-order valence-corrected chi connectivity index (χ4v) is 2.34. The first kappa shape index (κ1) is 18.1. The minimum atomic E-state index is -4.44. The van der Waals surface area contributed by atoms with E-state index in [9.17, 15) is 22.8 Å². The van der Waals surface area contributed by atoms with Crippen LogP contribution in [0.25, 0.3) is 0 Å². The van der Waals surface area contributed by atoms with Gasteiger partial charge in [0, 0.05) is 26.1 Å². The third kappa shape index (κ3) is 4.85. The fraction of sp³-hybridized carbons (Fsp3) is 0.467. The van der Waals surface area contributed by atoms with Crippen molar-refractivity contribution in [3.63, 3.8) is 0 Å². The number of carboxylic acids is 1. The van der Waals surface area contributed by atoms with Gasteiger partial charge in [0.15, 0.2) is 6.10 Å². The summed E-state index contributed by atoms with van der Waals surface area (Å²) in [6, 6.07) is 5.55. The number of hydrogen-bond acceptors (Lipinski definition) is 3. The van der Waals surface area contributed by atoms with Gasteiger partial charge in [-0.1, -0.05) is 12.1 Å². The summed E-state index contributed by atoms with van der Waals surface area (Å²) < 4.78 is 42.6. The van der Waals surface area contributed by atoms with Gasteiger partial charge in [0.05, 0.1) is 12.2 Å². The van der Waals surface area contributed by atoms with Crippen molar-refractivity contribution in [3.05, 3.63) is 35.4 Å². The summed E-state index contributed by atoms with van der Waals surface area (Å²) in [6.45, 7) is -0.106. The molecule has 1 aromatic rings. The maximum absolute atomic E-state index is 12.6. The molecule has 1 atom stereocenters. The molecule has 1 heterocycles. The second-order valence-corrected chi connectivity index (χ2v) is 5.34. The summed E-state index contributed by atoms with van der Waals surface area (Å²) in [7, 11) is 0. The predicted octanol–water partition coefficient (Wildman–Crippen LogP) is 2.25. The molecule has 1 aliphatic heterocycles. The van der Waals surface area contributed by atoms with Crippen LogP contribution in [-0.2, 0) is 11.3 Å². The van der Waals surface area contributed by atoms with Gasteiger partial charge in [0.2, 0.25) is 0 Å². The monoisotopic (exact) mass is 346 g/mol. The van der Waals surface area contributed by atoms with Gasteiger partial charge in [0.1, 0.15) is 0 Å². The average molecular weight is 346 g/mol. The maximum atomic E-state index is 12.6. The molecule has 0 spiro atoms. The molecule has 0 bridgehead atoms.